The minimum Gasteiger partial charge on any atom is -0.481 e. The summed E-state index contributed by atoms with van der Waals surface area (Å²) in [5.74, 6) is -1.05. The molecule has 1 aliphatic rings. The predicted octanol–water partition coefficient (Wildman–Crippen LogP) is 1.69. The molecule has 2 amide bonds. The monoisotopic (exact) mass is 291 g/mol. The number of carbonyl (C=O) groups is 2. The number of aliphatic carboxylic acids is 1. The Kier molecular flexibility index (Phi) is 5.14. The second-order valence-electron chi connectivity index (χ2n) is 5.50. The number of urea groups is 1. The van der Waals surface area contributed by atoms with Crippen LogP contribution in [0.25, 0.3) is 0 Å². The molecular formula is C15H21N3O3. The molecule has 1 aromatic heterocycles. The Morgan fingerprint density at radius 1 is 1.38 bits per heavy atom. The van der Waals surface area contributed by atoms with Crippen molar-refractivity contribution >= 4 is 12.0 Å². The van der Waals surface area contributed by atoms with Gasteiger partial charge in [-0.05, 0) is 42.9 Å². The van der Waals surface area contributed by atoms with E-state index in [4.69, 9.17) is 5.11 Å². The average molecular weight is 291 g/mol. The van der Waals surface area contributed by atoms with Crippen LogP contribution in [0.2, 0.25) is 0 Å². The fourth-order valence-electron chi connectivity index (χ4n) is 2.75. The zero-order valence-electron chi connectivity index (χ0n) is 12.1. The van der Waals surface area contributed by atoms with Crippen LogP contribution in [0.3, 0.4) is 0 Å². The molecule has 21 heavy (non-hydrogen) atoms. The fourth-order valence-corrected chi connectivity index (χ4v) is 2.75. The van der Waals surface area contributed by atoms with Gasteiger partial charge in [0, 0.05) is 25.5 Å². The van der Waals surface area contributed by atoms with Crippen LogP contribution in [0.5, 0.6) is 0 Å². The minimum absolute atomic E-state index is 0.0355. The van der Waals surface area contributed by atoms with E-state index in [9.17, 15) is 9.59 Å². The van der Waals surface area contributed by atoms with Gasteiger partial charge in [-0.25, -0.2) is 4.79 Å². The summed E-state index contributed by atoms with van der Waals surface area (Å²) in [6, 6.07) is 1.62. The molecular weight excluding hydrogens is 270 g/mol. The van der Waals surface area contributed by atoms with Crippen molar-refractivity contribution in [2.75, 3.05) is 6.54 Å². The SMILES string of the molecule is Cc1ccncc1CNC(=O)NCC1CCCC1C(=O)O. The van der Waals surface area contributed by atoms with Crippen LogP contribution in [-0.4, -0.2) is 28.6 Å². The lowest BCUT2D eigenvalue weighted by Crippen LogP contribution is -2.39. The summed E-state index contributed by atoms with van der Waals surface area (Å²) in [5.41, 5.74) is 2.05. The van der Waals surface area contributed by atoms with Crippen LogP contribution >= 0.6 is 0 Å². The maximum Gasteiger partial charge on any atom is 0.315 e. The highest BCUT2D eigenvalue weighted by Crippen LogP contribution is 2.31. The summed E-state index contributed by atoms with van der Waals surface area (Å²) in [6.07, 6.45) is 5.93. The Bertz CT molecular complexity index is 519. The number of pyridine rings is 1. The number of amides is 2. The number of aryl methyl sites for hydroxylation is 1. The largest absolute Gasteiger partial charge is 0.481 e. The Labute approximate surface area is 124 Å². The molecule has 0 radical (unpaired) electrons. The first-order valence-corrected chi connectivity index (χ1v) is 7.22. The fraction of sp³-hybridized carbons (Fsp3) is 0.533. The first-order valence-electron chi connectivity index (χ1n) is 7.22. The molecule has 1 fully saturated rings. The van der Waals surface area contributed by atoms with Crippen molar-refractivity contribution in [1.29, 1.82) is 0 Å². The van der Waals surface area contributed by atoms with Gasteiger partial charge in [0.15, 0.2) is 0 Å². The van der Waals surface area contributed by atoms with Crippen molar-refractivity contribution in [3.05, 3.63) is 29.6 Å². The van der Waals surface area contributed by atoms with E-state index in [2.05, 4.69) is 15.6 Å². The molecule has 0 aromatic carbocycles. The molecule has 0 saturated heterocycles. The summed E-state index contributed by atoms with van der Waals surface area (Å²) in [4.78, 5) is 26.9. The highest BCUT2D eigenvalue weighted by Gasteiger charge is 2.32. The lowest BCUT2D eigenvalue weighted by Gasteiger charge is -2.16. The number of hydrogen-bond donors (Lipinski definition) is 3. The van der Waals surface area contributed by atoms with Gasteiger partial charge in [0.25, 0.3) is 0 Å². The van der Waals surface area contributed by atoms with Crippen molar-refractivity contribution in [1.82, 2.24) is 15.6 Å². The maximum absolute atomic E-state index is 11.8. The van der Waals surface area contributed by atoms with E-state index in [0.717, 1.165) is 24.0 Å². The molecule has 2 atom stereocenters. The number of aromatic nitrogens is 1. The highest BCUT2D eigenvalue weighted by molar-refractivity contribution is 5.74. The zero-order valence-corrected chi connectivity index (χ0v) is 12.1. The minimum atomic E-state index is -0.759. The van der Waals surface area contributed by atoms with Gasteiger partial charge < -0.3 is 15.7 Å². The van der Waals surface area contributed by atoms with Gasteiger partial charge in [0.2, 0.25) is 0 Å². The second-order valence-corrected chi connectivity index (χ2v) is 5.50. The Balaban J connectivity index is 1.75. The molecule has 1 saturated carbocycles. The van der Waals surface area contributed by atoms with Crippen LogP contribution in [-0.2, 0) is 11.3 Å². The maximum atomic E-state index is 11.8. The van der Waals surface area contributed by atoms with Crippen molar-refractivity contribution in [2.24, 2.45) is 11.8 Å². The molecule has 3 N–H and O–H groups in total. The van der Waals surface area contributed by atoms with E-state index in [1.807, 2.05) is 13.0 Å². The molecule has 0 spiro atoms. The molecule has 1 heterocycles. The quantitative estimate of drug-likeness (QED) is 0.770. The number of carboxylic acids is 1. The van der Waals surface area contributed by atoms with Crippen molar-refractivity contribution in [2.45, 2.75) is 32.7 Å². The smallest absolute Gasteiger partial charge is 0.315 e. The van der Waals surface area contributed by atoms with Gasteiger partial charge in [-0.15, -0.1) is 0 Å². The van der Waals surface area contributed by atoms with Gasteiger partial charge in [0.05, 0.1) is 5.92 Å². The second kappa shape index (κ2) is 7.06. The van der Waals surface area contributed by atoms with E-state index in [1.165, 1.54) is 0 Å². The number of carbonyl (C=O) groups excluding carboxylic acids is 1. The van der Waals surface area contributed by atoms with Crippen molar-refractivity contribution in [3.63, 3.8) is 0 Å². The van der Waals surface area contributed by atoms with E-state index in [-0.39, 0.29) is 17.9 Å². The van der Waals surface area contributed by atoms with Crippen LogP contribution < -0.4 is 10.6 Å². The summed E-state index contributed by atoms with van der Waals surface area (Å²) >= 11 is 0. The van der Waals surface area contributed by atoms with E-state index in [1.54, 1.807) is 12.4 Å². The lowest BCUT2D eigenvalue weighted by molar-refractivity contribution is -0.142. The first-order chi connectivity index (χ1) is 10.1. The number of nitrogens with one attached hydrogen (secondary N) is 2. The van der Waals surface area contributed by atoms with Gasteiger partial charge in [-0.2, -0.15) is 0 Å². The van der Waals surface area contributed by atoms with Crippen LogP contribution in [0.15, 0.2) is 18.5 Å². The highest BCUT2D eigenvalue weighted by atomic mass is 16.4. The summed E-state index contributed by atoms with van der Waals surface area (Å²) < 4.78 is 0. The molecule has 1 aliphatic carbocycles. The molecule has 1 aromatic rings. The third-order valence-electron chi connectivity index (χ3n) is 4.09. The van der Waals surface area contributed by atoms with Crippen molar-refractivity contribution < 1.29 is 14.7 Å². The molecule has 0 bridgehead atoms. The van der Waals surface area contributed by atoms with Gasteiger partial charge >= 0.3 is 12.0 Å². The van der Waals surface area contributed by atoms with Crippen LogP contribution in [0, 0.1) is 18.8 Å². The van der Waals surface area contributed by atoms with Crippen molar-refractivity contribution in [3.8, 4) is 0 Å². The zero-order chi connectivity index (χ0) is 15.2. The molecule has 6 heteroatoms. The topological polar surface area (TPSA) is 91.3 Å². The Morgan fingerprint density at radius 2 is 2.19 bits per heavy atom. The van der Waals surface area contributed by atoms with Gasteiger partial charge in [0.1, 0.15) is 0 Å². The first kappa shape index (κ1) is 15.3. The van der Waals surface area contributed by atoms with E-state index < -0.39 is 5.97 Å². The van der Waals surface area contributed by atoms with Gasteiger partial charge in [-0.3, -0.25) is 9.78 Å². The number of carboxylic acid groups (broad SMARTS) is 1. The standard InChI is InChI=1S/C15H21N3O3/c1-10-5-6-16-7-12(10)9-18-15(21)17-8-11-3-2-4-13(11)14(19)20/h5-7,11,13H,2-4,8-9H2,1H3,(H,19,20)(H2,17,18,21). The van der Waals surface area contributed by atoms with E-state index in [0.29, 0.717) is 19.5 Å². The Morgan fingerprint density at radius 3 is 2.90 bits per heavy atom. The van der Waals surface area contributed by atoms with E-state index >= 15 is 0 Å². The molecule has 6 nitrogen and oxygen atoms in total. The lowest BCUT2D eigenvalue weighted by atomic mass is 9.96. The van der Waals surface area contributed by atoms with Crippen LogP contribution in [0.4, 0.5) is 4.79 Å². The van der Waals surface area contributed by atoms with Crippen LogP contribution in [0.1, 0.15) is 30.4 Å². The Hall–Kier alpha value is -2.11. The summed E-state index contributed by atoms with van der Waals surface area (Å²) in [7, 11) is 0. The number of rotatable bonds is 5. The van der Waals surface area contributed by atoms with Gasteiger partial charge in [-0.1, -0.05) is 6.42 Å². The number of hydrogen-bond acceptors (Lipinski definition) is 3. The molecule has 2 unspecified atom stereocenters. The average Bonchev–Trinajstić information content (AvgIpc) is 2.93. The normalized spacial score (nSPS) is 21.0. The molecule has 2 rings (SSSR count). The predicted molar refractivity (Wildman–Crippen MR) is 77.7 cm³/mol. The molecule has 114 valence electrons. The summed E-state index contributed by atoms with van der Waals surface area (Å²) in [5, 5.41) is 14.6. The third kappa shape index (κ3) is 4.18. The summed E-state index contributed by atoms with van der Waals surface area (Å²) in [6.45, 7) is 2.79. The third-order valence-corrected chi connectivity index (χ3v) is 4.09. The number of nitrogens with zero attached hydrogens (tertiary/aromatic N) is 1. The molecule has 0 aliphatic heterocycles.